The topological polar surface area (TPSA) is 47.1 Å². The summed E-state index contributed by atoms with van der Waals surface area (Å²) < 4.78 is 1.94. The van der Waals surface area contributed by atoms with Crippen molar-refractivity contribution in [2.24, 2.45) is 11.7 Å². The van der Waals surface area contributed by atoms with Gasteiger partial charge in [0.2, 0.25) is 0 Å². The molecular formula is C16H22N4. The molecule has 1 aromatic carbocycles. The van der Waals surface area contributed by atoms with Crippen LogP contribution in [0.15, 0.2) is 42.6 Å². The standard InChI is InChI=1S/C16H22N4/c1-13-11-19(9-8-16(13)17)12-14-7-10-20(18-14)15-5-3-2-4-6-15/h2-7,10,13,16H,8-9,11-12,17H2,1H3. The smallest absolute Gasteiger partial charge is 0.0769 e. The van der Waals surface area contributed by atoms with Crippen LogP contribution in [0.1, 0.15) is 19.0 Å². The van der Waals surface area contributed by atoms with E-state index in [1.165, 1.54) is 0 Å². The minimum atomic E-state index is 0.355. The molecule has 20 heavy (non-hydrogen) atoms. The van der Waals surface area contributed by atoms with Gasteiger partial charge in [0, 0.05) is 31.9 Å². The molecule has 4 heteroatoms. The Morgan fingerprint density at radius 1 is 1.25 bits per heavy atom. The summed E-state index contributed by atoms with van der Waals surface area (Å²) in [5, 5.41) is 4.66. The van der Waals surface area contributed by atoms with Crippen molar-refractivity contribution in [1.29, 1.82) is 0 Å². The van der Waals surface area contributed by atoms with Gasteiger partial charge in [-0.1, -0.05) is 25.1 Å². The van der Waals surface area contributed by atoms with Gasteiger partial charge in [-0.05, 0) is 30.5 Å². The highest BCUT2D eigenvalue weighted by Gasteiger charge is 2.23. The summed E-state index contributed by atoms with van der Waals surface area (Å²) in [6, 6.07) is 12.7. The van der Waals surface area contributed by atoms with Crippen LogP contribution in [0.2, 0.25) is 0 Å². The van der Waals surface area contributed by atoms with Gasteiger partial charge in [-0.15, -0.1) is 0 Å². The number of piperidine rings is 1. The Kier molecular flexibility index (Phi) is 3.85. The molecule has 2 atom stereocenters. The van der Waals surface area contributed by atoms with Crippen LogP contribution in [0.3, 0.4) is 0 Å². The predicted octanol–water partition coefficient (Wildman–Crippen LogP) is 2.04. The van der Waals surface area contributed by atoms with E-state index < -0.39 is 0 Å². The van der Waals surface area contributed by atoms with Gasteiger partial charge in [-0.2, -0.15) is 5.10 Å². The summed E-state index contributed by atoms with van der Waals surface area (Å²) in [4.78, 5) is 2.45. The molecule has 0 aliphatic carbocycles. The molecule has 1 saturated heterocycles. The molecule has 4 nitrogen and oxygen atoms in total. The van der Waals surface area contributed by atoms with Gasteiger partial charge in [-0.3, -0.25) is 4.90 Å². The number of likely N-dealkylation sites (tertiary alicyclic amines) is 1. The highest BCUT2D eigenvalue weighted by atomic mass is 15.3. The molecule has 2 heterocycles. The third kappa shape index (κ3) is 2.92. The van der Waals surface area contributed by atoms with E-state index in [4.69, 9.17) is 5.73 Å². The molecule has 1 aliphatic rings. The molecule has 0 radical (unpaired) electrons. The molecule has 0 amide bonds. The lowest BCUT2D eigenvalue weighted by molar-refractivity contribution is 0.156. The fraction of sp³-hybridized carbons (Fsp3) is 0.438. The Bertz CT molecular complexity index is 549. The molecule has 2 aromatic rings. The Morgan fingerprint density at radius 3 is 2.80 bits per heavy atom. The SMILES string of the molecule is CC1CN(Cc2ccn(-c3ccccc3)n2)CCC1N. The van der Waals surface area contributed by atoms with Crippen molar-refractivity contribution in [2.45, 2.75) is 25.9 Å². The van der Waals surface area contributed by atoms with E-state index in [2.05, 4.69) is 35.1 Å². The van der Waals surface area contributed by atoms with Gasteiger partial charge in [0.15, 0.2) is 0 Å². The number of rotatable bonds is 3. The predicted molar refractivity (Wildman–Crippen MR) is 80.6 cm³/mol. The van der Waals surface area contributed by atoms with Crippen molar-refractivity contribution < 1.29 is 0 Å². The summed E-state index contributed by atoms with van der Waals surface area (Å²) >= 11 is 0. The Hall–Kier alpha value is -1.65. The largest absolute Gasteiger partial charge is 0.327 e. The van der Waals surface area contributed by atoms with E-state index in [1.807, 2.05) is 29.1 Å². The first kappa shape index (κ1) is 13.3. The van der Waals surface area contributed by atoms with Crippen molar-refractivity contribution in [3.63, 3.8) is 0 Å². The number of para-hydroxylation sites is 1. The van der Waals surface area contributed by atoms with Gasteiger partial charge in [0.05, 0.1) is 11.4 Å². The van der Waals surface area contributed by atoms with Crippen LogP contribution in [-0.4, -0.2) is 33.8 Å². The lowest BCUT2D eigenvalue weighted by atomic mass is 9.95. The number of nitrogens with two attached hydrogens (primary N) is 1. The molecule has 1 fully saturated rings. The summed E-state index contributed by atoms with van der Waals surface area (Å²) in [6.45, 7) is 5.29. The molecule has 2 unspecified atom stereocenters. The van der Waals surface area contributed by atoms with Crippen molar-refractivity contribution in [1.82, 2.24) is 14.7 Å². The number of hydrogen-bond acceptors (Lipinski definition) is 3. The van der Waals surface area contributed by atoms with Crippen molar-refractivity contribution in [3.05, 3.63) is 48.3 Å². The summed E-state index contributed by atoms with van der Waals surface area (Å²) in [5.74, 6) is 0.569. The summed E-state index contributed by atoms with van der Waals surface area (Å²) in [6.07, 6.45) is 3.12. The number of benzene rings is 1. The van der Waals surface area contributed by atoms with E-state index in [0.717, 1.165) is 37.4 Å². The number of nitrogens with zero attached hydrogens (tertiary/aromatic N) is 3. The second-order valence-electron chi connectivity index (χ2n) is 5.75. The minimum Gasteiger partial charge on any atom is -0.327 e. The van der Waals surface area contributed by atoms with Crippen LogP contribution in [0.25, 0.3) is 5.69 Å². The molecule has 3 rings (SSSR count). The van der Waals surface area contributed by atoms with Gasteiger partial charge < -0.3 is 5.73 Å². The summed E-state index contributed by atoms with van der Waals surface area (Å²) in [5.41, 5.74) is 8.29. The fourth-order valence-electron chi connectivity index (χ4n) is 2.79. The van der Waals surface area contributed by atoms with E-state index in [9.17, 15) is 0 Å². The first-order chi connectivity index (χ1) is 9.72. The van der Waals surface area contributed by atoms with Crippen LogP contribution in [0, 0.1) is 5.92 Å². The maximum atomic E-state index is 6.07. The highest BCUT2D eigenvalue weighted by molar-refractivity contribution is 5.30. The minimum absolute atomic E-state index is 0.355. The second-order valence-corrected chi connectivity index (χ2v) is 5.75. The molecule has 106 valence electrons. The lowest BCUT2D eigenvalue weighted by Crippen LogP contribution is -2.45. The van der Waals surface area contributed by atoms with Crippen molar-refractivity contribution in [2.75, 3.05) is 13.1 Å². The quantitative estimate of drug-likeness (QED) is 0.928. The monoisotopic (exact) mass is 270 g/mol. The Morgan fingerprint density at radius 2 is 2.05 bits per heavy atom. The van der Waals surface area contributed by atoms with E-state index in [1.54, 1.807) is 0 Å². The first-order valence-electron chi connectivity index (χ1n) is 7.30. The third-order valence-corrected chi connectivity index (χ3v) is 4.11. The molecule has 1 aliphatic heterocycles. The van der Waals surface area contributed by atoms with Gasteiger partial charge in [-0.25, -0.2) is 4.68 Å². The third-order valence-electron chi connectivity index (χ3n) is 4.11. The number of aromatic nitrogens is 2. The maximum absolute atomic E-state index is 6.07. The Balaban J connectivity index is 1.66. The summed E-state index contributed by atoms with van der Waals surface area (Å²) in [7, 11) is 0. The zero-order valence-electron chi connectivity index (χ0n) is 11.9. The molecule has 0 bridgehead atoms. The van der Waals surface area contributed by atoms with Crippen molar-refractivity contribution >= 4 is 0 Å². The van der Waals surface area contributed by atoms with Crippen LogP contribution in [0.4, 0.5) is 0 Å². The average Bonchev–Trinajstić information content (AvgIpc) is 2.92. The van der Waals surface area contributed by atoms with E-state index in [0.29, 0.717) is 12.0 Å². The van der Waals surface area contributed by atoms with Gasteiger partial charge >= 0.3 is 0 Å². The van der Waals surface area contributed by atoms with Crippen LogP contribution in [-0.2, 0) is 6.54 Å². The van der Waals surface area contributed by atoms with Crippen molar-refractivity contribution in [3.8, 4) is 5.69 Å². The zero-order valence-corrected chi connectivity index (χ0v) is 11.9. The average molecular weight is 270 g/mol. The molecule has 2 N–H and O–H groups in total. The van der Waals surface area contributed by atoms with Gasteiger partial charge in [0.25, 0.3) is 0 Å². The van der Waals surface area contributed by atoms with E-state index >= 15 is 0 Å². The maximum Gasteiger partial charge on any atom is 0.0769 e. The van der Waals surface area contributed by atoms with Crippen LogP contribution < -0.4 is 5.73 Å². The highest BCUT2D eigenvalue weighted by Crippen LogP contribution is 2.17. The second kappa shape index (κ2) is 5.77. The molecular weight excluding hydrogens is 248 g/mol. The Labute approximate surface area is 120 Å². The zero-order chi connectivity index (χ0) is 13.9. The van der Waals surface area contributed by atoms with Gasteiger partial charge in [0.1, 0.15) is 0 Å². The van der Waals surface area contributed by atoms with Crippen LogP contribution in [0.5, 0.6) is 0 Å². The lowest BCUT2D eigenvalue weighted by Gasteiger charge is -2.34. The normalized spacial score (nSPS) is 23.9. The van der Waals surface area contributed by atoms with E-state index in [-0.39, 0.29) is 0 Å². The fourth-order valence-corrected chi connectivity index (χ4v) is 2.79. The number of hydrogen-bond donors (Lipinski definition) is 1. The first-order valence-corrected chi connectivity index (χ1v) is 7.30. The molecule has 0 spiro atoms. The molecule has 0 saturated carbocycles. The molecule has 1 aromatic heterocycles. The van der Waals surface area contributed by atoms with Crippen LogP contribution >= 0.6 is 0 Å².